The molecule has 6 nitrogen and oxygen atoms in total. The van der Waals surface area contributed by atoms with E-state index in [9.17, 15) is 9.59 Å². The number of hydrogen-bond donors (Lipinski definition) is 1. The van der Waals surface area contributed by atoms with E-state index in [4.69, 9.17) is 20.8 Å². The lowest BCUT2D eigenvalue weighted by atomic mass is 10.1. The first-order chi connectivity index (χ1) is 14.5. The van der Waals surface area contributed by atoms with E-state index in [1.54, 1.807) is 67.6 Å². The van der Waals surface area contributed by atoms with Gasteiger partial charge in [-0.3, -0.25) is 9.59 Å². The van der Waals surface area contributed by atoms with Gasteiger partial charge in [-0.1, -0.05) is 24.6 Å². The first kappa shape index (κ1) is 19.7. The SMILES string of the molecule is CCC(=O)Oc1cccc(C(=O)Nc2ccc(-c3nc4cc(Cl)ccc4o3)cc2)c1. The summed E-state index contributed by atoms with van der Waals surface area (Å²) in [7, 11) is 0. The number of rotatable bonds is 5. The van der Waals surface area contributed by atoms with Crippen LogP contribution in [0, 0.1) is 0 Å². The Morgan fingerprint density at radius 3 is 2.63 bits per heavy atom. The highest BCUT2D eigenvalue weighted by Crippen LogP contribution is 2.27. The van der Waals surface area contributed by atoms with E-state index in [1.807, 2.05) is 0 Å². The molecule has 7 heteroatoms. The molecule has 1 aromatic heterocycles. The summed E-state index contributed by atoms with van der Waals surface area (Å²) in [5, 5.41) is 3.41. The van der Waals surface area contributed by atoms with Crippen molar-refractivity contribution in [2.75, 3.05) is 5.32 Å². The number of hydrogen-bond acceptors (Lipinski definition) is 5. The van der Waals surface area contributed by atoms with Crippen LogP contribution in [-0.4, -0.2) is 16.9 Å². The Morgan fingerprint density at radius 2 is 1.87 bits per heavy atom. The van der Waals surface area contributed by atoms with E-state index in [-0.39, 0.29) is 18.3 Å². The highest BCUT2D eigenvalue weighted by atomic mass is 35.5. The van der Waals surface area contributed by atoms with Crippen LogP contribution in [0.15, 0.2) is 71.1 Å². The second-order valence-corrected chi connectivity index (χ2v) is 6.95. The molecule has 0 aliphatic carbocycles. The topological polar surface area (TPSA) is 81.4 Å². The summed E-state index contributed by atoms with van der Waals surface area (Å²) < 4.78 is 10.9. The third-order valence-electron chi connectivity index (χ3n) is 4.36. The molecule has 1 N–H and O–H groups in total. The predicted molar refractivity (Wildman–Crippen MR) is 115 cm³/mol. The number of oxazole rings is 1. The van der Waals surface area contributed by atoms with E-state index in [0.29, 0.717) is 39.0 Å². The molecule has 30 heavy (non-hydrogen) atoms. The Bertz CT molecular complexity index is 1230. The summed E-state index contributed by atoms with van der Waals surface area (Å²) in [6.45, 7) is 1.71. The van der Waals surface area contributed by atoms with Crippen LogP contribution in [0.3, 0.4) is 0 Å². The van der Waals surface area contributed by atoms with E-state index in [0.717, 1.165) is 5.56 Å². The maximum atomic E-state index is 12.5. The maximum absolute atomic E-state index is 12.5. The molecule has 4 rings (SSSR count). The van der Waals surface area contributed by atoms with Crippen molar-refractivity contribution in [1.82, 2.24) is 4.98 Å². The van der Waals surface area contributed by atoms with Crippen LogP contribution < -0.4 is 10.1 Å². The fraction of sp³-hybridized carbons (Fsp3) is 0.0870. The number of nitrogens with zero attached hydrogens (tertiary/aromatic N) is 1. The van der Waals surface area contributed by atoms with Crippen molar-refractivity contribution in [1.29, 1.82) is 0 Å². The quantitative estimate of drug-likeness (QED) is 0.330. The van der Waals surface area contributed by atoms with Crippen LogP contribution >= 0.6 is 11.6 Å². The first-order valence-electron chi connectivity index (χ1n) is 9.30. The van der Waals surface area contributed by atoms with Gasteiger partial charge in [-0.15, -0.1) is 0 Å². The van der Waals surface area contributed by atoms with Crippen LogP contribution in [0.2, 0.25) is 5.02 Å². The number of halogens is 1. The summed E-state index contributed by atoms with van der Waals surface area (Å²) in [5.41, 5.74) is 3.10. The van der Waals surface area contributed by atoms with Gasteiger partial charge in [0.25, 0.3) is 5.91 Å². The van der Waals surface area contributed by atoms with Crippen molar-refractivity contribution < 1.29 is 18.7 Å². The zero-order valence-electron chi connectivity index (χ0n) is 16.0. The van der Waals surface area contributed by atoms with Crippen LogP contribution in [0.5, 0.6) is 5.75 Å². The number of benzene rings is 3. The number of amides is 1. The molecule has 0 spiro atoms. The highest BCUT2D eigenvalue weighted by molar-refractivity contribution is 6.31. The molecule has 0 radical (unpaired) electrons. The van der Waals surface area contributed by atoms with Gasteiger partial charge in [0.05, 0.1) is 0 Å². The molecule has 0 aliphatic rings. The average molecular weight is 421 g/mol. The van der Waals surface area contributed by atoms with Gasteiger partial charge >= 0.3 is 5.97 Å². The number of anilines is 1. The summed E-state index contributed by atoms with van der Waals surface area (Å²) in [4.78, 5) is 28.4. The minimum absolute atomic E-state index is 0.260. The molecule has 0 atom stereocenters. The zero-order valence-corrected chi connectivity index (χ0v) is 16.8. The zero-order chi connectivity index (χ0) is 21.1. The third-order valence-corrected chi connectivity index (χ3v) is 4.59. The second kappa shape index (κ2) is 8.39. The standard InChI is InChI=1S/C23H17ClN2O4/c1-2-21(27)29-18-5-3-4-15(12-18)22(28)25-17-9-6-14(7-10-17)23-26-19-13-16(24)8-11-20(19)30-23/h3-13H,2H2,1H3,(H,25,28). The number of carbonyl (C=O) groups is 2. The Morgan fingerprint density at radius 1 is 1.07 bits per heavy atom. The second-order valence-electron chi connectivity index (χ2n) is 6.52. The molecule has 4 aromatic rings. The van der Waals surface area contributed by atoms with Gasteiger partial charge in [0.1, 0.15) is 11.3 Å². The molecule has 0 aliphatic heterocycles. The minimum atomic E-state index is -0.357. The molecule has 0 saturated heterocycles. The molecule has 0 bridgehead atoms. The number of esters is 1. The van der Waals surface area contributed by atoms with Crippen molar-refractivity contribution in [2.45, 2.75) is 13.3 Å². The number of fused-ring (bicyclic) bond motifs is 1. The van der Waals surface area contributed by atoms with Crippen molar-refractivity contribution in [2.24, 2.45) is 0 Å². The summed E-state index contributed by atoms with van der Waals surface area (Å²) in [6, 6.07) is 18.9. The summed E-state index contributed by atoms with van der Waals surface area (Å²) in [6.07, 6.45) is 0.260. The lowest BCUT2D eigenvalue weighted by Gasteiger charge is -2.08. The van der Waals surface area contributed by atoms with Gasteiger partial charge < -0.3 is 14.5 Å². The minimum Gasteiger partial charge on any atom is -0.436 e. The Hall–Kier alpha value is -3.64. The van der Waals surface area contributed by atoms with Gasteiger partial charge in [-0.05, 0) is 60.7 Å². The lowest BCUT2D eigenvalue weighted by molar-refractivity contribution is -0.134. The molecule has 3 aromatic carbocycles. The first-order valence-corrected chi connectivity index (χ1v) is 9.68. The normalized spacial score (nSPS) is 10.7. The molecular weight excluding hydrogens is 404 g/mol. The molecule has 150 valence electrons. The lowest BCUT2D eigenvalue weighted by Crippen LogP contribution is -2.12. The van der Waals surface area contributed by atoms with Gasteiger partial charge in [0.2, 0.25) is 5.89 Å². The van der Waals surface area contributed by atoms with Crippen molar-refractivity contribution >= 4 is 40.3 Å². The van der Waals surface area contributed by atoms with Crippen molar-refractivity contribution in [3.8, 4) is 17.2 Å². The number of ether oxygens (including phenoxy) is 1. The van der Waals surface area contributed by atoms with E-state index in [2.05, 4.69) is 10.3 Å². The third kappa shape index (κ3) is 4.34. The monoisotopic (exact) mass is 420 g/mol. The summed E-state index contributed by atoms with van der Waals surface area (Å²) >= 11 is 5.99. The maximum Gasteiger partial charge on any atom is 0.310 e. The number of nitrogens with one attached hydrogen (secondary N) is 1. The fourth-order valence-electron chi connectivity index (χ4n) is 2.83. The molecular formula is C23H17ClN2O4. The summed E-state index contributed by atoms with van der Waals surface area (Å²) in [5.74, 6) is 0.134. The number of carbonyl (C=O) groups excluding carboxylic acids is 2. The van der Waals surface area contributed by atoms with Crippen molar-refractivity contribution in [3.05, 3.63) is 77.3 Å². The largest absolute Gasteiger partial charge is 0.436 e. The molecule has 1 heterocycles. The van der Waals surface area contributed by atoms with Gasteiger partial charge in [-0.2, -0.15) is 0 Å². The number of aromatic nitrogens is 1. The molecule has 1 amide bonds. The smallest absolute Gasteiger partial charge is 0.310 e. The Kier molecular flexibility index (Phi) is 5.50. The van der Waals surface area contributed by atoms with Crippen molar-refractivity contribution in [3.63, 3.8) is 0 Å². The average Bonchev–Trinajstić information content (AvgIpc) is 3.17. The van der Waals surface area contributed by atoms with E-state index < -0.39 is 0 Å². The highest BCUT2D eigenvalue weighted by Gasteiger charge is 2.11. The van der Waals surface area contributed by atoms with E-state index in [1.165, 1.54) is 6.07 Å². The van der Waals surface area contributed by atoms with Gasteiger partial charge in [0, 0.05) is 28.3 Å². The predicted octanol–water partition coefficient (Wildman–Crippen LogP) is 5.72. The van der Waals surface area contributed by atoms with Gasteiger partial charge in [0.15, 0.2) is 5.58 Å². The molecule has 0 fully saturated rings. The molecule has 0 unspecified atom stereocenters. The van der Waals surface area contributed by atoms with Crippen LogP contribution in [0.4, 0.5) is 5.69 Å². The van der Waals surface area contributed by atoms with Crippen LogP contribution in [-0.2, 0) is 4.79 Å². The Balaban J connectivity index is 1.48. The van der Waals surface area contributed by atoms with E-state index >= 15 is 0 Å². The van der Waals surface area contributed by atoms with Crippen LogP contribution in [0.1, 0.15) is 23.7 Å². The van der Waals surface area contributed by atoms with Crippen LogP contribution in [0.25, 0.3) is 22.6 Å². The fourth-order valence-corrected chi connectivity index (χ4v) is 2.99. The Labute approximate surface area is 177 Å². The van der Waals surface area contributed by atoms with Gasteiger partial charge in [-0.25, -0.2) is 4.98 Å². The molecule has 0 saturated carbocycles.